The first kappa shape index (κ1) is 14.5. The number of amides is 1. The molecule has 1 aliphatic carbocycles. The largest absolute Gasteiger partial charge is 0.465 e. The minimum atomic E-state index is -0.281. The third kappa shape index (κ3) is 4.05. The van der Waals surface area contributed by atoms with Crippen molar-refractivity contribution in [2.75, 3.05) is 13.2 Å². The van der Waals surface area contributed by atoms with Crippen LogP contribution in [-0.2, 0) is 14.3 Å². The molecule has 1 N–H and O–H groups in total. The van der Waals surface area contributed by atoms with E-state index in [1.165, 1.54) is 19.1 Å². The van der Waals surface area contributed by atoms with Crippen LogP contribution < -0.4 is 5.32 Å². The monoisotopic (exact) mass is 279 g/mol. The van der Waals surface area contributed by atoms with Crippen LogP contribution in [0.15, 0.2) is 24.3 Å². The van der Waals surface area contributed by atoms with E-state index in [1.54, 1.807) is 6.07 Å². The maximum atomic E-state index is 13.1. The molecule has 2 rings (SSSR count). The summed E-state index contributed by atoms with van der Waals surface area (Å²) >= 11 is 0. The number of esters is 1. The maximum absolute atomic E-state index is 13.1. The minimum Gasteiger partial charge on any atom is -0.465 e. The van der Waals surface area contributed by atoms with Crippen molar-refractivity contribution >= 4 is 11.9 Å². The Morgan fingerprint density at radius 1 is 1.45 bits per heavy atom. The summed E-state index contributed by atoms with van der Waals surface area (Å²) in [6.07, 6.45) is 1.32. The number of rotatable bonds is 6. The molecule has 1 aromatic carbocycles. The molecular formula is C15H18FNO3. The molecule has 0 radical (unpaired) electrons. The number of benzene rings is 1. The summed E-state index contributed by atoms with van der Waals surface area (Å²) in [6.45, 7) is 2.24. The second-order valence-electron chi connectivity index (χ2n) is 5.01. The standard InChI is InChI=1S/C15H18FNO3/c1-10(18)17-6-3-7-20-15(19)14-9-13(14)11-4-2-5-12(16)8-11/h2,4-5,8,13-14H,3,6-7,9H2,1H3,(H,17,18). The molecule has 0 bridgehead atoms. The Bertz CT molecular complexity index is 504. The molecular weight excluding hydrogens is 261 g/mol. The van der Waals surface area contributed by atoms with Crippen molar-refractivity contribution < 1.29 is 18.7 Å². The van der Waals surface area contributed by atoms with E-state index in [1.807, 2.05) is 6.07 Å². The summed E-state index contributed by atoms with van der Waals surface area (Å²) in [7, 11) is 0. The van der Waals surface area contributed by atoms with Crippen molar-refractivity contribution in [3.8, 4) is 0 Å². The van der Waals surface area contributed by atoms with Crippen LogP contribution in [0.25, 0.3) is 0 Å². The second-order valence-corrected chi connectivity index (χ2v) is 5.01. The first-order chi connectivity index (χ1) is 9.58. The average Bonchev–Trinajstić information content (AvgIpc) is 3.18. The Morgan fingerprint density at radius 2 is 2.25 bits per heavy atom. The van der Waals surface area contributed by atoms with Gasteiger partial charge in [-0.05, 0) is 36.5 Å². The van der Waals surface area contributed by atoms with Crippen LogP contribution in [-0.4, -0.2) is 25.0 Å². The van der Waals surface area contributed by atoms with E-state index >= 15 is 0 Å². The van der Waals surface area contributed by atoms with Gasteiger partial charge in [0.1, 0.15) is 5.82 Å². The normalized spacial score (nSPS) is 20.3. The topological polar surface area (TPSA) is 55.4 Å². The van der Waals surface area contributed by atoms with Gasteiger partial charge in [0.05, 0.1) is 12.5 Å². The van der Waals surface area contributed by atoms with Gasteiger partial charge >= 0.3 is 5.97 Å². The van der Waals surface area contributed by atoms with E-state index < -0.39 is 0 Å². The van der Waals surface area contributed by atoms with Gasteiger partial charge in [-0.2, -0.15) is 0 Å². The third-order valence-corrected chi connectivity index (χ3v) is 3.31. The van der Waals surface area contributed by atoms with E-state index in [0.717, 1.165) is 5.56 Å². The van der Waals surface area contributed by atoms with E-state index in [9.17, 15) is 14.0 Å². The zero-order valence-electron chi connectivity index (χ0n) is 11.4. The number of carbonyl (C=O) groups is 2. The van der Waals surface area contributed by atoms with Gasteiger partial charge in [0.15, 0.2) is 0 Å². The fourth-order valence-corrected chi connectivity index (χ4v) is 2.18. The molecule has 0 aromatic heterocycles. The summed E-state index contributed by atoms with van der Waals surface area (Å²) in [5.41, 5.74) is 0.852. The predicted octanol–water partition coefficient (Wildman–Crippen LogP) is 2.00. The molecule has 2 atom stereocenters. The molecule has 20 heavy (non-hydrogen) atoms. The van der Waals surface area contributed by atoms with Crippen LogP contribution in [0.3, 0.4) is 0 Å². The molecule has 5 heteroatoms. The van der Waals surface area contributed by atoms with Gasteiger partial charge in [0, 0.05) is 13.5 Å². The van der Waals surface area contributed by atoms with Crippen molar-refractivity contribution in [1.82, 2.24) is 5.32 Å². The Kier molecular flexibility index (Phi) is 4.71. The van der Waals surface area contributed by atoms with Crippen molar-refractivity contribution in [3.05, 3.63) is 35.6 Å². The molecule has 0 saturated heterocycles. The van der Waals surface area contributed by atoms with Gasteiger partial charge < -0.3 is 10.1 Å². The molecule has 0 aliphatic heterocycles. The number of hydrogen-bond acceptors (Lipinski definition) is 3. The van der Waals surface area contributed by atoms with Crippen LogP contribution in [0.1, 0.15) is 31.2 Å². The summed E-state index contributed by atoms with van der Waals surface area (Å²) in [4.78, 5) is 22.4. The van der Waals surface area contributed by atoms with Crippen molar-refractivity contribution in [2.24, 2.45) is 5.92 Å². The molecule has 1 saturated carbocycles. The van der Waals surface area contributed by atoms with E-state index in [0.29, 0.717) is 26.0 Å². The maximum Gasteiger partial charge on any atom is 0.309 e. The van der Waals surface area contributed by atoms with Gasteiger partial charge in [-0.15, -0.1) is 0 Å². The Balaban J connectivity index is 1.69. The van der Waals surface area contributed by atoms with Crippen LogP contribution in [0.4, 0.5) is 4.39 Å². The van der Waals surface area contributed by atoms with E-state index in [4.69, 9.17) is 4.74 Å². The van der Waals surface area contributed by atoms with Crippen molar-refractivity contribution in [1.29, 1.82) is 0 Å². The molecule has 1 fully saturated rings. The Hall–Kier alpha value is -1.91. The highest BCUT2D eigenvalue weighted by molar-refractivity contribution is 5.77. The second kappa shape index (κ2) is 6.50. The van der Waals surface area contributed by atoms with Gasteiger partial charge in [-0.25, -0.2) is 4.39 Å². The highest BCUT2D eigenvalue weighted by atomic mass is 19.1. The summed E-state index contributed by atoms with van der Waals surface area (Å²) in [5, 5.41) is 2.63. The van der Waals surface area contributed by atoms with Gasteiger partial charge in [-0.3, -0.25) is 9.59 Å². The molecule has 108 valence electrons. The molecule has 0 spiro atoms. The zero-order chi connectivity index (χ0) is 14.5. The van der Waals surface area contributed by atoms with E-state index in [2.05, 4.69) is 5.32 Å². The lowest BCUT2D eigenvalue weighted by molar-refractivity contribution is -0.145. The Labute approximate surface area is 117 Å². The lowest BCUT2D eigenvalue weighted by Crippen LogP contribution is -2.22. The van der Waals surface area contributed by atoms with Crippen LogP contribution in [0, 0.1) is 11.7 Å². The first-order valence-electron chi connectivity index (χ1n) is 6.74. The number of halogens is 1. The summed E-state index contributed by atoms with van der Waals surface area (Å²) in [6, 6.07) is 6.34. The predicted molar refractivity (Wildman–Crippen MR) is 71.5 cm³/mol. The number of hydrogen-bond donors (Lipinski definition) is 1. The minimum absolute atomic E-state index is 0.0774. The third-order valence-electron chi connectivity index (χ3n) is 3.31. The molecule has 2 unspecified atom stereocenters. The molecule has 0 heterocycles. The SMILES string of the molecule is CC(=O)NCCCOC(=O)C1CC1c1cccc(F)c1. The lowest BCUT2D eigenvalue weighted by Gasteiger charge is -2.05. The van der Waals surface area contributed by atoms with Gasteiger partial charge in [0.25, 0.3) is 0 Å². The van der Waals surface area contributed by atoms with Crippen molar-refractivity contribution in [3.63, 3.8) is 0 Å². The summed E-state index contributed by atoms with van der Waals surface area (Å²) < 4.78 is 18.2. The number of nitrogens with one attached hydrogen (secondary N) is 1. The smallest absolute Gasteiger partial charge is 0.309 e. The highest BCUT2D eigenvalue weighted by Crippen LogP contribution is 2.48. The molecule has 1 aliphatic rings. The Morgan fingerprint density at radius 3 is 2.95 bits per heavy atom. The van der Waals surface area contributed by atoms with Gasteiger partial charge in [0.2, 0.25) is 5.91 Å². The first-order valence-corrected chi connectivity index (χ1v) is 6.74. The van der Waals surface area contributed by atoms with Gasteiger partial charge in [-0.1, -0.05) is 12.1 Å². The van der Waals surface area contributed by atoms with Crippen LogP contribution >= 0.6 is 0 Å². The van der Waals surface area contributed by atoms with Crippen LogP contribution in [0.5, 0.6) is 0 Å². The fraction of sp³-hybridized carbons (Fsp3) is 0.467. The fourth-order valence-electron chi connectivity index (χ4n) is 2.18. The number of carbonyl (C=O) groups excluding carboxylic acids is 2. The van der Waals surface area contributed by atoms with Crippen molar-refractivity contribution in [2.45, 2.75) is 25.7 Å². The quantitative estimate of drug-likeness (QED) is 0.640. The summed E-state index contributed by atoms with van der Waals surface area (Å²) in [5.74, 6) is -0.685. The molecule has 4 nitrogen and oxygen atoms in total. The average molecular weight is 279 g/mol. The lowest BCUT2D eigenvalue weighted by atomic mass is 10.1. The van der Waals surface area contributed by atoms with Crippen LogP contribution in [0.2, 0.25) is 0 Å². The molecule has 1 amide bonds. The van der Waals surface area contributed by atoms with E-state index in [-0.39, 0.29) is 29.5 Å². The number of ether oxygens (including phenoxy) is 1. The molecule has 1 aromatic rings. The highest BCUT2D eigenvalue weighted by Gasteiger charge is 2.45. The zero-order valence-corrected chi connectivity index (χ0v) is 11.4.